The molecule has 0 heterocycles. The summed E-state index contributed by atoms with van der Waals surface area (Å²) in [5.74, 6) is 0.984. The minimum Gasteiger partial charge on any atom is -1.00 e. The van der Waals surface area contributed by atoms with E-state index in [2.05, 4.69) is 88.4 Å². The Morgan fingerprint density at radius 1 is 0.640 bits per heavy atom. The van der Waals surface area contributed by atoms with E-state index in [9.17, 15) is 0 Å². The van der Waals surface area contributed by atoms with Crippen LogP contribution in [0, 0.1) is 12.2 Å². The number of allylic oxidation sites excluding steroid dienone is 4. The van der Waals surface area contributed by atoms with Gasteiger partial charge in [0.25, 0.3) is 0 Å². The van der Waals surface area contributed by atoms with Crippen LogP contribution >= 0.6 is 0 Å². The average Bonchev–Trinajstić information content (AvgIpc) is 2.99. The van der Waals surface area contributed by atoms with Gasteiger partial charge in [0.15, 0.2) is 0 Å². The fourth-order valence-corrected chi connectivity index (χ4v) is 3.39. The monoisotopic (exact) mass is 446 g/mol. The van der Waals surface area contributed by atoms with Crippen LogP contribution in [-0.2, 0) is 26.2 Å². The third-order valence-corrected chi connectivity index (χ3v) is 4.53. The third-order valence-electron chi connectivity index (χ3n) is 4.53. The Kier molecular flexibility index (Phi) is 10.3. The Labute approximate surface area is 183 Å². The summed E-state index contributed by atoms with van der Waals surface area (Å²) < 4.78 is 0. The molecule has 0 aliphatic heterocycles. The van der Waals surface area contributed by atoms with E-state index < -0.39 is 0 Å². The summed E-state index contributed by atoms with van der Waals surface area (Å²) >= 11 is 0. The molecule has 0 saturated heterocycles. The SMILES string of the molecule is CC1=[C-]C(C)c2ccccc21.CC1=[C-]C(C)c2ccccc21.[Cl-].[Cl-].[Zr+4]. The summed E-state index contributed by atoms with van der Waals surface area (Å²) in [6, 6.07) is 17.1. The van der Waals surface area contributed by atoms with Crippen molar-refractivity contribution in [2.75, 3.05) is 0 Å². The molecule has 0 saturated carbocycles. The first-order valence-corrected chi connectivity index (χ1v) is 7.96. The van der Waals surface area contributed by atoms with Gasteiger partial charge in [-0.25, -0.2) is 11.1 Å². The van der Waals surface area contributed by atoms with Crippen molar-refractivity contribution in [3.05, 3.63) is 82.9 Å². The van der Waals surface area contributed by atoms with E-state index in [0.29, 0.717) is 11.8 Å². The van der Waals surface area contributed by atoms with Crippen LogP contribution in [-0.4, -0.2) is 0 Å². The number of fused-ring (bicyclic) bond motifs is 2. The number of hydrogen-bond donors (Lipinski definition) is 0. The van der Waals surface area contributed by atoms with Gasteiger partial charge in [0, 0.05) is 0 Å². The zero-order valence-corrected chi connectivity index (χ0v) is 19.0. The van der Waals surface area contributed by atoms with E-state index in [1.54, 1.807) is 0 Å². The number of halogens is 2. The first kappa shape index (κ1) is 24.4. The standard InChI is InChI=1S/2C11H11.2ClH.Zr/c2*1-8-7-9(2)11-6-4-3-5-10(8)11;;;/h2*3-6,8H,1-2H3;2*1H;/q2*-1;;;+4/p-2. The van der Waals surface area contributed by atoms with Gasteiger partial charge in [-0.05, 0) is 0 Å². The van der Waals surface area contributed by atoms with Gasteiger partial charge in [0.05, 0.1) is 0 Å². The van der Waals surface area contributed by atoms with Crippen molar-refractivity contribution in [2.45, 2.75) is 39.5 Å². The molecule has 0 aromatic heterocycles. The minimum atomic E-state index is 0. The predicted molar refractivity (Wildman–Crippen MR) is 94.4 cm³/mol. The molecule has 2 atom stereocenters. The maximum Gasteiger partial charge on any atom is 4.00 e. The largest absolute Gasteiger partial charge is 4.00 e. The molecule has 2 aliphatic carbocycles. The van der Waals surface area contributed by atoms with Gasteiger partial charge in [-0.2, -0.15) is 11.1 Å². The Balaban J connectivity index is 0.000000411. The molecule has 2 aromatic carbocycles. The first-order valence-electron chi connectivity index (χ1n) is 7.96. The van der Waals surface area contributed by atoms with Gasteiger partial charge in [-0.3, -0.25) is 12.2 Å². The van der Waals surface area contributed by atoms with Gasteiger partial charge in [-0.15, -0.1) is 23.3 Å². The van der Waals surface area contributed by atoms with Crippen molar-refractivity contribution < 1.29 is 51.0 Å². The Bertz CT molecular complexity index is 697. The van der Waals surface area contributed by atoms with Crippen LogP contribution in [0.3, 0.4) is 0 Å². The van der Waals surface area contributed by atoms with Crippen molar-refractivity contribution in [2.24, 2.45) is 0 Å². The third kappa shape index (κ3) is 5.19. The smallest absolute Gasteiger partial charge is 1.00 e. The maximum atomic E-state index is 3.40. The molecule has 2 aliphatic rings. The first-order chi connectivity index (χ1) is 10.6. The minimum absolute atomic E-state index is 0. The summed E-state index contributed by atoms with van der Waals surface area (Å²) in [5.41, 5.74) is 8.19. The summed E-state index contributed by atoms with van der Waals surface area (Å²) in [7, 11) is 0. The molecule has 0 bridgehead atoms. The van der Waals surface area contributed by atoms with E-state index in [0.717, 1.165) is 0 Å². The Morgan fingerprint density at radius 2 is 0.960 bits per heavy atom. The second kappa shape index (κ2) is 10.5. The quantitative estimate of drug-likeness (QED) is 0.499. The van der Waals surface area contributed by atoms with Gasteiger partial charge >= 0.3 is 26.2 Å². The molecule has 25 heavy (non-hydrogen) atoms. The Hall–Kier alpha value is -0.617. The van der Waals surface area contributed by atoms with E-state index in [1.807, 2.05) is 0 Å². The van der Waals surface area contributed by atoms with Crippen molar-refractivity contribution >= 4 is 11.1 Å². The van der Waals surface area contributed by atoms with Crippen LogP contribution in [0.15, 0.2) is 48.5 Å². The molecule has 0 nitrogen and oxygen atoms in total. The van der Waals surface area contributed by atoms with Gasteiger partial charge in [0.2, 0.25) is 0 Å². The molecule has 0 N–H and O–H groups in total. The molecule has 128 valence electrons. The van der Waals surface area contributed by atoms with Crippen LogP contribution in [0.4, 0.5) is 0 Å². The molecule has 0 spiro atoms. The van der Waals surface area contributed by atoms with E-state index in [-0.39, 0.29) is 51.0 Å². The van der Waals surface area contributed by atoms with Gasteiger partial charge in [0.1, 0.15) is 0 Å². The average molecular weight is 449 g/mol. The van der Waals surface area contributed by atoms with Crippen LogP contribution in [0.25, 0.3) is 11.1 Å². The van der Waals surface area contributed by atoms with Crippen molar-refractivity contribution in [3.63, 3.8) is 0 Å². The molecule has 4 rings (SSSR count). The van der Waals surface area contributed by atoms with Gasteiger partial charge in [-0.1, -0.05) is 75.9 Å². The molecular formula is C22H22Cl2Zr. The molecule has 2 aromatic rings. The van der Waals surface area contributed by atoms with Gasteiger partial charge < -0.3 is 24.8 Å². The Morgan fingerprint density at radius 3 is 1.28 bits per heavy atom. The fraction of sp³-hybridized carbons (Fsp3) is 0.273. The molecule has 0 fully saturated rings. The molecular weight excluding hydrogens is 426 g/mol. The fourth-order valence-electron chi connectivity index (χ4n) is 3.39. The van der Waals surface area contributed by atoms with Crippen LogP contribution < -0.4 is 24.8 Å². The van der Waals surface area contributed by atoms with E-state index in [1.165, 1.54) is 33.4 Å². The van der Waals surface area contributed by atoms with Crippen molar-refractivity contribution in [1.29, 1.82) is 0 Å². The summed E-state index contributed by atoms with van der Waals surface area (Å²) in [6.45, 7) is 8.63. The number of hydrogen-bond acceptors (Lipinski definition) is 0. The number of rotatable bonds is 0. The second-order valence-corrected chi connectivity index (χ2v) is 6.16. The van der Waals surface area contributed by atoms with Crippen LogP contribution in [0.2, 0.25) is 0 Å². The molecule has 3 heteroatoms. The zero-order valence-electron chi connectivity index (χ0n) is 15.0. The van der Waals surface area contributed by atoms with Crippen LogP contribution in [0.1, 0.15) is 61.8 Å². The van der Waals surface area contributed by atoms with E-state index >= 15 is 0 Å². The summed E-state index contributed by atoms with van der Waals surface area (Å²) in [4.78, 5) is 0. The van der Waals surface area contributed by atoms with Crippen molar-refractivity contribution in [3.8, 4) is 0 Å². The van der Waals surface area contributed by atoms with Crippen molar-refractivity contribution in [1.82, 2.24) is 0 Å². The number of benzene rings is 2. The molecule has 0 radical (unpaired) electrons. The predicted octanol–water partition coefficient (Wildman–Crippen LogP) is 0.0259. The zero-order chi connectivity index (χ0) is 15.7. The molecule has 2 unspecified atom stereocenters. The van der Waals surface area contributed by atoms with E-state index in [4.69, 9.17) is 0 Å². The summed E-state index contributed by atoms with van der Waals surface area (Å²) in [5, 5.41) is 0. The summed E-state index contributed by atoms with van der Waals surface area (Å²) in [6.07, 6.45) is 6.80. The van der Waals surface area contributed by atoms with Crippen LogP contribution in [0.5, 0.6) is 0 Å². The normalized spacial score (nSPS) is 18.7. The molecule has 0 amide bonds. The topological polar surface area (TPSA) is 0 Å². The second-order valence-electron chi connectivity index (χ2n) is 6.16. The maximum absolute atomic E-state index is 3.40.